The summed E-state index contributed by atoms with van der Waals surface area (Å²) in [6.45, 7) is 1.27. The van der Waals surface area contributed by atoms with Gasteiger partial charge in [0.2, 0.25) is 0 Å². The molecule has 0 amide bonds. The minimum atomic E-state index is -0.453. The van der Waals surface area contributed by atoms with Gasteiger partial charge in [-0.05, 0) is 36.6 Å². The van der Waals surface area contributed by atoms with Gasteiger partial charge in [0.25, 0.3) is 0 Å². The van der Waals surface area contributed by atoms with E-state index in [0.29, 0.717) is 19.1 Å². The summed E-state index contributed by atoms with van der Waals surface area (Å²) in [7, 11) is 0. The second-order valence-electron chi connectivity index (χ2n) is 4.97. The number of benzene rings is 1. The van der Waals surface area contributed by atoms with Gasteiger partial charge in [-0.15, -0.1) is 0 Å². The molecule has 2 aliphatic rings. The summed E-state index contributed by atoms with van der Waals surface area (Å²) in [4.78, 5) is 11.4. The second-order valence-corrected chi connectivity index (χ2v) is 5.83. The molecule has 0 bridgehead atoms. The molecule has 1 atom stereocenters. The Balaban J connectivity index is 1.66. The molecule has 1 aromatic carbocycles. The van der Waals surface area contributed by atoms with Crippen molar-refractivity contribution in [3.05, 3.63) is 28.2 Å². The van der Waals surface area contributed by atoms with Gasteiger partial charge in [-0.1, -0.05) is 15.9 Å². The molecule has 1 aliphatic carbocycles. The average molecular weight is 326 g/mol. The number of nitrogens with one attached hydrogen (secondary N) is 1. The number of hydrogen-bond acceptors (Lipinski definition) is 4. The Kier molecular flexibility index (Phi) is 3.75. The van der Waals surface area contributed by atoms with E-state index in [2.05, 4.69) is 21.2 Å². The van der Waals surface area contributed by atoms with E-state index in [1.54, 1.807) is 0 Å². The van der Waals surface area contributed by atoms with E-state index in [1.807, 2.05) is 18.2 Å². The van der Waals surface area contributed by atoms with Crippen molar-refractivity contribution in [2.24, 2.45) is 0 Å². The summed E-state index contributed by atoms with van der Waals surface area (Å²) in [5, 5.41) is 3.47. The average Bonchev–Trinajstić information content (AvgIpc) is 3.14. The summed E-state index contributed by atoms with van der Waals surface area (Å²) in [5.74, 6) is 0.459. The van der Waals surface area contributed by atoms with Crippen LogP contribution in [0.5, 0.6) is 5.75 Å². The highest BCUT2D eigenvalue weighted by Gasteiger charge is 2.28. The van der Waals surface area contributed by atoms with Crippen LogP contribution >= 0.6 is 15.9 Å². The lowest BCUT2D eigenvalue weighted by Gasteiger charge is -2.12. The van der Waals surface area contributed by atoms with Gasteiger partial charge in [-0.3, -0.25) is 0 Å². The highest BCUT2D eigenvalue weighted by atomic mass is 79.9. The number of rotatable bonds is 5. The molecule has 0 aromatic heterocycles. The lowest BCUT2D eigenvalue weighted by molar-refractivity contribution is -0.143. The SMILES string of the molecule is O=C1OCCC1Oc1ccc(Br)c(CNC2CC2)c1. The molecule has 1 heterocycles. The van der Waals surface area contributed by atoms with Crippen molar-refractivity contribution < 1.29 is 14.3 Å². The summed E-state index contributed by atoms with van der Waals surface area (Å²) < 4.78 is 11.6. The van der Waals surface area contributed by atoms with Gasteiger partial charge in [-0.25, -0.2) is 4.79 Å². The third-order valence-electron chi connectivity index (χ3n) is 3.34. The van der Waals surface area contributed by atoms with E-state index in [1.165, 1.54) is 12.8 Å². The van der Waals surface area contributed by atoms with Crippen LogP contribution in [0.1, 0.15) is 24.8 Å². The third-order valence-corrected chi connectivity index (χ3v) is 4.11. The van der Waals surface area contributed by atoms with E-state index in [4.69, 9.17) is 9.47 Å². The van der Waals surface area contributed by atoms with Crippen molar-refractivity contribution in [2.75, 3.05) is 6.61 Å². The molecule has 2 fully saturated rings. The van der Waals surface area contributed by atoms with E-state index in [-0.39, 0.29) is 5.97 Å². The van der Waals surface area contributed by atoms with Gasteiger partial charge < -0.3 is 14.8 Å². The van der Waals surface area contributed by atoms with Crippen molar-refractivity contribution in [1.82, 2.24) is 5.32 Å². The van der Waals surface area contributed by atoms with Crippen LogP contribution in [0.25, 0.3) is 0 Å². The summed E-state index contributed by atoms with van der Waals surface area (Å²) in [6.07, 6.45) is 2.71. The number of esters is 1. The second kappa shape index (κ2) is 5.51. The Morgan fingerprint density at radius 1 is 1.37 bits per heavy atom. The molecule has 1 saturated heterocycles. The number of ether oxygens (including phenoxy) is 2. The predicted octanol–water partition coefficient (Wildman–Crippen LogP) is 2.40. The maximum absolute atomic E-state index is 11.4. The summed E-state index contributed by atoms with van der Waals surface area (Å²) in [6, 6.07) is 6.47. The molecular weight excluding hydrogens is 310 g/mol. The topological polar surface area (TPSA) is 47.6 Å². The standard InChI is InChI=1S/C14H16BrNO3/c15-12-4-3-11(19-13-5-6-18-14(13)17)7-9(12)8-16-10-1-2-10/h3-4,7,10,13,16H,1-2,5-6,8H2. The molecule has 0 spiro atoms. The van der Waals surface area contributed by atoms with Crippen LogP contribution in [0.3, 0.4) is 0 Å². The van der Waals surface area contributed by atoms with Crippen LogP contribution in [0.2, 0.25) is 0 Å². The molecule has 1 N–H and O–H groups in total. The van der Waals surface area contributed by atoms with Gasteiger partial charge >= 0.3 is 5.97 Å². The van der Waals surface area contributed by atoms with Gasteiger partial charge in [0.05, 0.1) is 6.61 Å². The molecule has 5 heteroatoms. The molecule has 1 unspecified atom stereocenters. The van der Waals surface area contributed by atoms with E-state index < -0.39 is 6.10 Å². The normalized spacial score (nSPS) is 22.4. The van der Waals surface area contributed by atoms with Gasteiger partial charge in [-0.2, -0.15) is 0 Å². The van der Waals surface area contributed by atoms with E-state index >= 15 is 0 Å². The highest BCUT2D eigenvalue weighted by Crippen LogP contribution is 2.26. The molecule has 1 saturated carbocycles. The molecular formula is C14H16BrNO3. The molecule has 0 radical (unpaired) electrons. The van der Waals surface area contributed by atoms with Crippen LogP contribution in [0.4, 0.5) is 0 Å². The fourth-order valence-electron chi connectivity index (χ4n) is 2.05. The minimum absolute atomic E-state index is 0.263. The zero-order valence-electron chi connectivity index (χ0n) is 10.5. The van der Waals surface area contributed by atoms with Crippen LogP contribution in [-0.4, -0.2) is 24.7 Å². The Hall–Kier alpha value is -1.07. The van der Waals surface area contributed by atoms with E-state index in [9.17, 15) is 4.79 Å². The molecule has 102 valence electrons. The van der Waals surface area contributed by atoms with Crippen molar-refractivity contribution in [1.29, 1.82) is 0 Å². The monoisotopic (exact) mass is 325 g/mol. The predicted molar refractivity (Wildman–Crippen MR) is 74.0 cm³/mol. The first-order chi connectivity index (χ1) is 9.22. The third kappa shape index (κ3) is 3.28. The Morgan fingerprint density at radius 3 is 2.89 bits per heavy atom. The first kappa shape index (κ1) is 12.9. The molecule has 19 heavy (non-hydrogen) atoms. The lowest BCUT2D eigenvalue weighted by Crippen LogP contribution is -2.22. The maximum atomic E-state index is 11.4. The fourth-order valence-corrected chi connectivity index (χ4v) is 2.44. The Bertz CT molecular complexity index is 488. The van der Waals surface area contributed by atoms with Gasteiger partial charge in [0.15, 0.2) is 6.10 Å². The van der Waals surface area contributed by atoms with Gasteiger partial charge in [0, 0.05) is 23.5 Å². The lowest BCUT2D eigenvalue weighted by atomic mass is 10.2. The van der Waals surface area contributed by atoms with Gasteiger partial charge in [0.1, 0.15) is 5.75 Å². The maximum Gasteiger partial charge on any atom is 0.347 e. The smallest absolute Gasteiger partial charge is 0.347 e. The van der Waals surface area contributed by atoms with Crippen LogP contribution < -0.4 is 10.1 Å². The Labute approximate surface area is 120 Å². The Morgan fingerprint density at radius 2 is 2.21 bits per heavy atom. The van der Waals surface area contributed by atoms with E-state index in [0.717, 1.165) is 22.3 Å². The van der Waals surface area contributed by atoms with Crippen LogP contribution in [0.15, 0.2) is 22.7 Å². The van der Waals surface area contributed by atoms with Crippen LogP contribution in [0, 0.1) is 0 Å². The van der Waals surface area contributed by atoms with Crippen LogP contribution in [-0.2, 0) is 16.1 Å². The van der Waals surface area contributed by atoms with Crippen molar-refractivity contribution >= 4 is 21.9 Å². The van der Waals surface area contributed by atoms with Crippen molar-refractivity contribution in [3.63, 3.8) is 0 Å². The molecule has 1 aliphatic heterocycles. The molecule has 4 nitrogen and oxygen atoms in total. The number of hydrogen-bond donors (Lipinski definition) is 1. The van der Waals surface area contributed by atoms with Crippen molar-refractivity contribution in [3.8, 4) is 5.75 Å². The zero-order chi connectivity index (χ0) is 13.2. The largest absolute Gasteiger partial charge is 0.479 e. The number of cyclic esters (lactones) is 1. The minimum Gasteiger partial charge on any atom is -0.479 e. The number of carbonyl (C=O) groups excluding carboxylic acids is 1. The fraction of sp³-hybridized carbons (Fsp3) is 0.500. The van der Waals surface area contributed by atoms with Crippen molar-refractivity contribution in [2.45, 2.75) is 38.0 Å². The molecule has 3 rings (SSSR count). The highest BCUT2D eigenvalue weighted by molar-refractivity contribution is 9.10. The first-order valence-electron chi connectivity index (χ1n) is 6.57. The quantitative estimate of drug-likeness (QED) is 0.844. The zero-order valence-corrected chi connectivity index (χ0v) is 12.1. The number of halogens is 1. The summed E-state index contributed by atoms with van der Waals surface area (Å²) in [5.41, 5.74) is 1.15. The molecule has 1 aromatic rings. The first-order valence-corrected chi connectivity index (χ1v) is 7.37. The summed E-state index contributed by atoms with van der Waals surface area (Å²) >= 11 is 3.54. The number of carbonyl (C=O) groups is 1.